The quantitative estimate of drug-likeness (QED) is 0.525. The first-order chi connectivity index (χ1) is 14.0. The van der Waals surface area contributed by atoms with Crippen LogP contribution >= 0.6 is 11.8 Å². The maximum Gasteiger partial charge on any atom is 0.251 e. The van der Waals surface area contributed by atoms with Gasteiger partial charge in [0.25, 0.3) is 5.91 Å². The van der Waals surface area contributed by atoms with E-state index in [9.17, 15) is 19.1 Å². The molecule has 3 rings (SSSR count). The fourth-order valence-corrected chi connectivity index (χ4v) is 3.51. The van der Waals surface area contributed by atoms with Crippen LogP contribution in [-0.4, -0.2) is 50.8 Å². The number of pyridine rings is 1. The van der Waals surface area contributed by atoms with E-state index in [-0.39, 0.29) is 36.0 Å². The third-order valence-corrected chi connectivity index (χ3v) is 5.23. The highest BCUT2D eigenvalue weighted by atomic mass is 32.2. The Morgan fingerprint density at radius 3 is 2.90 bits per heavy atom. The van der Waals surface area contributed by atoms with Gasteiger partial charge in [0.1, 0.15) is 17.2 Å². The predicted octanol–water partition coefficient (Wildman–Crippen LogP) is 2.74. The minimum atomic E-state index is -0.551. The number of halogens is 1. The number of fused-ring (bicyclic) bond motifs is 1. The summed E-state index contributed by atoms with van der Waals surface area (Å²) in [7, 11) is 0. The number of benzene rings is 1. The van der Waals surface area contributed by atoms with Gasteiger partial charge in [-0.2, -0.15) is 11.8 Å². The van der Waals surface area contributed by atoms with Crippen molar-refractivity contribution in [2.24, 2.45) is 0 Å². The average Bonchev–Trinajstić information content (AvgIpc) is 3.16. The maximum atomic E-state index is 14.3. The number of Topliss-reactive ketones (excluding diaryl/α,β-unsaturated/α-hetero) is 1. The monoisotopic (exact) mass is 415 g/mol. The number of aromatic nitrogens is 2. The van der Waals surface area contributed by atoms with Gasteiger partial charge in [-0.1, -0.05) is 6.07 Å². The van der Waals surface area contributed by atoms with Gasteiger partial charge in [0.05, 0.1) is 18.8 Å². The van der Waals surface area contributed by atoms with Crippen molar-refractivity contribution in [1.82, 2.24) is 14.7 Å². The number of aliphatic hydroxyl groups excluding tert-OH is 1. The van der Waals surface area contributed by atoms with E-state index in [1.54, 1.807) is 34.5 Å². The summed E-state index contributed by atoms with van der Waals surface area (Å²) in [6, 6.07) is 8.94. The van der Waals surface area contributed by atoms with Crippen LogP contribution in [0.1, 0.15) is 32.8 Å². The molecule has 0 bridgehead atoms. The van der Waals surface area contributed by atoms with Crippen molar-refractivity contribution in [3.05, 3.63) is 71.4 Å². The van der Waals surface area contributed by atoms with Crippen LogP contribution in [0.4, 0.5) is 4.39 Å². The molecule has 0 unspecified atom stereocenters. The molecule has 2 heterocycles. The molecule has 8 heteroatoms. The van der Waals surface area contributed by atoms with Crippen molar-refractivity contribution >= 4 is 29.1 Å². The second-order valence-corrected chi connectivity index (χ2v) is 7.60. The van der Waals surface area contributed by atoms with Crippen LogP contribution in [0.2, 0.25) is 0 Å². The summed E-state index contributed by atoms with van der Waals surface area (Å²) < 4.78 is 15.9. The third kappa shape index (κ3) is 5.02. The molecule has 0 spiro atoms. The molecule has 0 aliphatic carbocycles. The van der Waals surface area contributed by atoms with Crippen LogP contribution in [0.5, 0.6) is 0 Å². The lowest BCUT2D eigenvalue weighted by Crippen LogP contribution is -2.38. The van der Waals surface area contributed by atoms with Crippen LogP contribution in [0, 0.1) is 5.82 Å². The van der Waals surface area contributed by atoms with E-state index in [1.807, 2.05) is 12.3 Å². The summed E-state index contributed by atoms with van der Waals surface area (Å²) in [5, 5.41) is 12.2. The molecule has 2 aromatic heterocycles. The first-order valence-electron chi connectivity index (χ1n) is 9.18. The number of aliphatic hydroxyl groups is 1. The molecular formula is C21H22FN3O3S. The molecule has 1 atom stereocenters. The number of carbonyl (C=O) groups excluding carboxylic acids is 2. The van der Waals surface area contributed by atoms with E-state index in [2.05, 4.69) is 10.3 Å². The van der Waals surface area contributed by atoms with E-state index < -0.39 is 11.7 Å². The van der Waals surface area contributed by atoms with Crippen LogP contribution in [0.3, 0.4) is 0 Å². The molecule has 152 valence electrons. The summed E-state index contributed by atoms with van der Waals surface area (Å²) in [4.78, 5) is 29.4. The van der Waals surface area contributed by atoms with Gasteiger partial charge in [0, 0.05) is 18.2 Å². The average molecular weight is 415 g/mol. The number of hydrogen-bond acceptors (Lipinski definition) is 5. The van der Waals surface area contributed by atoms with Gasteiger partial charge >= 0.3 is 0 Å². The summed E-state index contributed by atoms with van der Waals surface area (Å²) >= 11 is 1.62. The molecule has 2 N–H and O–H groups in total. The van der Waals surface area contributed by atoms with Gasteiger partial charge in [-0.15, -0.1) is 0 Å². The van der Waals surface area contributed by atoms with Crippen molar-refractivity contribution in [2.45, 2.75) is 18.9 Å². The standard InChI is InChI=1S/C21H22FN3O3S/c1-29-9-7-16(13-26)24-21(28)14-5-6-17(22)15(10-14)11-19(27)18-12-23-20-4-2-3-8-25(18)20/h2-6,8,10,12,16,26H,7,9,11,13H2,1H3,(H,24,28)/t16-/m0/s1. The number of thioether (sulfide) groups is 1. The van der Waals surface area contributed by atoms with E-state index in [0.29, 0.717) is 17.8 Å². The molecule has 0 fully saturated rings. The lowest BCUT2D eigenvalue weighted by atomic mass is 10.0. The molecular weight excluding hydrogens is 393 g/mol. The molecule has 6 nitrogen and oxygen atoms in total. The van der Waals surface area contributed by atoms with Crippen LogP contribution < -0.4 is 5.32 Å². The molecule has 1 amide bonds. The van der Waals surface area contributed by atoms with Crippen LogP contribution in [0.15, 0.2) is 48.8 Å². The van der Waals surface area contributed by atoms with Gasteiger partial charge < -0.3 is 10.4 Å². The molecule has 3 aromatic rings. The SMILES string of the molecule is CSCC[C@@H](CO)NC(=O)c1ccc(F)c(CC(=O)c2cnc3ccccn23)c1. The van der Waals surface area contributed by atoms with Crippen LogP contribution in [0.25, 0.3) is 5.65 Å². The van der Waals surface area contributed by atoms with E-state index >= 15 is 0 Å². The molecule has 0 saturated heterocycles. The molecule has 0 saturated carbocycles. The normalized spacial score (nSPS) is 12.1. The Kier molecular flexibility index (Phi) is 7.00. The van der Waals surface area contributed by atoms with E-state index in [4.69, 9.17) is 0 Å². The third-order valence-electron chi connectivity index (χ3n) is 4.59. The number of nitrogens with zero attached hydrogens (tertiary/aromatic N) is 2. The van der Waals surface area contributed by atoms with Gasteiger partial charge in [-0.3, -0.25) is 14.0 Å². The van der Waals surface area contributed by atoms with Gasteiger partial charge in [-0.05, 0) is 54.3 Å². The Balaban J connectivity index is 1.76. The lowest BCUT2D eigenvalue weighted by molar-refractivity contribution is 0.0913. The van der Waals surface area contributed by atoms with Gasteiger partial charge in [0.15, 0.2) is 5.78 Å². The minimum absolute atomic E-state index is 0.137. The highest BCUT2D eigenvalue weighted by Crippen LogP contribution is 2.16. The zero-order chi connectivity index (χ0) is 20.8. The van der Waals surface area contributed by atoms with Crippen LogP contribution in [-0.2, 0) is 6.42 Å². The Morgan fingerprint density at radius 2 is 2.14 bits per heavy atom. The summed E-state index contributed by atoms with van der Waals surface area (Å²) in [5.41, 5.74) is 1.37. The zero-order valence-electron chi connectivity index (χ0n) is 16.0. The Labute approximate surface area is 172 Å². The number of rotatable bonds is 9. The fourth-order valence-electron chi connectivity index (χ4n) is 2.99. The first kappa shape index (κ1) is 21.0. The maximum absolute atomic E-state index is 14.3. The van der Waals surface area contributed by atoms with Crippen molar-refractivity contribution in [3.63, 3.8) is 0 Å². The number of hydrogen-bond donors (Lipinski definition) is 2. The number of carbonyl (C=O) groups is 2. The first-order valence-corrected chi connectivity index (χ1v) is 10.6. The topological polar surface area (TPSA) is 83.7 Å². The summed E-state index contributed by atoms with van der Waals surface area (Å²) in [6.07, 6.45) is 5.57. The molecule has 1 aromatic carbocycles. The predicted molar refractivity (Wildman–Crippen MR) is 111 cm³/mol. The fraction of sp³-hybridized carbons (Fsp3) is 0.286. The largest absolute Gasteiger partial charge is 0.394 e. The smallest absolute Gasteiger partial charge is 0.251 e. The van der Waals surface area contributed by atoms with Crippen molar-refractivity contribution in [3.8, 4) is 0 Å². The van der Waals surface area contributed by atoms with Gasteiger partial charge in [0.2, 0.25) is 0 Å². The second-order valence-electron chi connectivity index (χ2n) is 6.61. The highest BCUT2D eigenvalue weighted by Gasteiger charge is 2.18. The number of ketones is 1. The van der Waals surface area contributed by atoms with Gasteiger partial charge in [-0.25, -0.2) is 9.37 Å². The lowest BCUT2D eigenvalue weighted by Gasteiger charge is -2.16. The summed E-state index contributed by atoms with van der Waals surface area (Å²) in [5.74, 6) is -0.458. The Hall–Kier alpha value is -2.71. The molecule has 29 heavy (non-hydrogen) atoms. The number of imidazole rings is 1. The minimum Gasteiger partial charge on any atom is -0.394 e. The van der Waals surface area contributed by atoms with Crippen molar-refractivity contribution in [2.75, 3.05) is 18.6 Å². The second kappa shape index (κ2) is 9.67. The van der Waals surface area contributed by atoms with Crippen molar-refractivity contribution < 1.29 is 19.1 Å². The molecule has 0 aliphatic heterocycles. The number of nitrogens with one attached hydrogen (secondary N) is 1. The summed E-state index contributed by atoms with van der Waals surface area (Å²) in [6.45, 7) is -0.173. The molecule has 0 aliphatic rings. The number of amides is 1. The van der Waals surface area contributed by atoms with Crippen molar-refractivity contribution in [1.29, 1.82) is 0 Å². The Morgan fingerprint density at radius 1 is 1.31 bits per heavy atom. The highest BCUT2D eigenvalue weighted by molar-refractivity contribution is 7.98. The van der Waals surface area contributed by atoms with E-state index in [0.717, 1.165) is 5.75 Å². The van der Waals surface area contributed by atoms with E-state index in [1.165, 1.54) is 24.4 Å². The zero-order valence-corrected chi connectivity index (χ0v) is 16.8. The molecule has 0 radical (unpaired) electrons. The Bertz CT molecular complexity index is 1020.